The van der Waals surface area contributed by atoms with Gasteiger partial charge in [0.15, 0.2) is 5.84 Å². The molecule has 1 unspecified atom stereocenters. The number of rotatable bonds is 5. The van der Waals surface area contributed by atoms with Gasteiger partial charge < -0.3 is 16.0 Å². The number of nitrogens with zero attached hydrogens (tertiary/aromatic N) is 2. The number of aliphatic hydroxyl groups is 1. The summed E-state index contributed by atoms with van der Waals surface area (Å²) in [6, 6.07) is 1.70. The lowest BCUT2D eigenvalue weighted by Crippen LogP contribution is -2.14. The molecule has 0 bridgehead atoms. The smallest absolute Gasteiger partial charge is 0.171 e. The van der Waals surface area contributed by atoms with E-state index in [9.17, 15) is 0 Å². The first-order valence-corrected chi connectivity index (χ1v) is 5.83. The second kappa shape index (κ2) is 6.34. The molecule has 1 aromatic rings. The Morgan fingerprint density at radius 2 is 2.44 bits per heavy atom. The molecule has 16 heavy (non-hydrogen) atoms. The SMILES string of the molecule is CC(CO)CSc1cnccc1/C(N)=N/O. The van der Waals surface area contributed by atoms with Crippen LogP contribution in [0.2, 0.25) is 0 Å². The van der Waals surface area contributed by atoms with Crippen molar-refractivity contribution in [3.8, 4) is 0 Å². The van der Waals surface area contributed by atoms with Crippen molar-refractivity contribution in [1.82, 2.24) is 4.98 Å². The molecule has 0 amide bonds. The molecule has 0 saturated heterocycles. The van der Waals surface area contributed by atoms with Crippen LogP contribution < -0.4 is 5.73 Å². The minimum Gasteiger partial charge on any atom is -0.409 e. The van der Waals surface area contributed by atoms with E-state index in [1.54, 1.807) is 18.5 Å². The Hall–Kier alpha value is -1.27. The molecule has 1 heterocycles. The minimum absolute atomic E-state index is 0.0709. The van der Waals surface area contributed by atoms with Crippen molar-refractivity contribution in [2.45, 2.75) is 11.8 Å². The summed E-state index contributed by atoms with van der Waals surface area (Å²) in [4.78, 5) is 4.84. The fourth-order valence-electron chi connectivity index (χ4n) is 1.05. The second-order valence-corrected chi connectivity index (χ2v) is 4.52. The number of hydrogen-bond acceptors (Lipinski definition) is 5. The molecule has 0 aromatic carbocycles. The molecular formula is C10H15N3O2S. The van der Waals surface area contributed by atoms with Gasteiger partial charge in [0, 0.05) is 35.2 Å². The van der Waals surface area contributed by atoms with Crippen LogP contribution in [-0.2, 0) is 0 Å². The topological polar surface area (TPSA) is 91.7 Å². The molecule has 5 nitrogen and oxygen atoms in total. The average Bonchev–Trinajstić information content (AvgIpc) is 2.35. The number of nitrogens with two attached hydrogens (primary N) is 1. The van der Waals surface area contributed by atoms with Crippen LogP contribution in [0.1, 0.15) is 12.5 Å². The van der Waals surface area contributed by atoms with Gasteiger partial charge in [0.2, 0.25) is 0 Å². The molecule has 0 spiro atoms. The van der Waals surface area contributed by atoms with Crippen LogP contribution >= 0.6 is 11.8 Å². The number of hydrogen-bond donors (Lipinski definition) is 3. The number of pyridine rings is 1. The van der Waals surface area contributed by atoms with E-state index in [0.29, 0.717) is 5.56 Å². The average molecular weight is 241 g/mol. The fraction of sp³-hybridized carbons (Fsp3) is 0.400. The first-order valence-electron chi connectivity index (χ1n) is 4.84. The quantitative estimate of drug-likeness (QED) is 0.234. The molecule has 1 rings (SSSR count). The number of oxime groups is 1. The number of aromatic nitrogens is 1. The molecule has 6 heteroatoms. The molecule has 0 fully saturated rings. The molecule has 0 aliphatic rings. The van der Waals surface area contributed by atoms with Crippen LogP contribution in [0.5, 0.6) is 0 Å². The predicted octanol–water partition coefficient (Wildman–Crippen LogP) is 0.897. The largest absolute Gasteiger partial charge is 0.409 e. The third kappa shape index (κ3) is 3.39. The Morgan fingerprint density at radius 1 is 1.69 bits per heavy atom. The second-order valence-electron chi connectivity index (χ2n) is 3.46. The van der Waals surface area contributed by atoms with Gasteiger partial charge in [-0.1, -0.05) is 12.1 Å². The van der Waals surface area contributed by atoms with Crippen molar-refractivity contribution >= 4 is 17.6 Å². The van der Waals surface area contributed by atoms with Gasteiger partial charge in [-0.25, -0.2) is 0 Å². The van der Waals surface area contributed by atoms with Gasteiger partial charge in [0.1, 0.15) is 0 Å². The maximum absolute atomic E-state index is 8.92. The van der Waals surface area contributed by atoms with Crippen molar-refractivity contribution in [3.63, 3.8) is 0 Å². The summed E-state index contributed by atoms with van der Waals surface area (Å²) in [7, 11) is 0. The van der Waals surface area contributed by atoms with Crippen molar-refractivity contribution in [3.05, 3.63) is 24.0 Å². The van der Waals surface area contributed by atoms with Crippen LogP contribution in [0.25, 0.3) is 0 Å². The Bertz CT molecular complexity index is 371. The van der Waals surface area contributed by atoms with Crippen molar-refractivity contribution < 1.29 is 10.3 Å². The maximum Gasteiger partial charge on any atom is 0.171 e. The predicted molar refractivity (Wildman–Crippen MR) is 63.7 cm³/mol. The van der Waals surface area contributed by atoms with Crippen LogP contribution in [0.4, 0.5) is 0 Å². The summed E-state index contributed by atoms with van der Waals surface area (Å²) >= 11 is 1.53. The highest BCUT2D eigenvalue weighted by atomic mass is 32.2. The first-order chi connectivity index (χ1) is 7.69. The van der Waals surface area contributed by atoms with Gasteiger partial charge in [0.25, 0.3) is 0 Å². The van der Waals surface area contributed by atoms with E-state index in [2.05, 4.69) is 10.1 Å². The van der Waals surface area contributed by atoms with E-state index in [-0.39, 0.29) is 18.4 Å². The van der Waals surface area contributed by atoms with E-state index >= 15 is 0 Å². The molecule has 0 aliphatic heterocycles. The zero-order chi connectivity index (χ0) is 12.0. The van der Waals surface area contributed by atoms with Gasteiger partial charge in [0.05, 0.1) is 0 Å². The highest BCUT2D eigenvalue weighted by molar-refractivity contribution is 7.99. The Labute approximate surface area is 98.4 Å². The van der Waals surface area contributed by atoms with E-state index < -0.39 is 0 Å². The summed E-state index contributed by atoms with van der Waals surface area (Å²) in [5, 5.41) is 20.5. The van der Waals surface area contributed by atoms with Crippen LogP contribution in [0.3, 0.4) is 0 Å². The molecule has 0 saturated carbocycles. The zero-order valence-corrected chi connectivity index (χ0v) is 9.81. The lowest BCUT2D eigenvalue weighted by atomic mass is 10.2. The van der Waals surface area contributed by atoms with Gasteiger partial charge in [-0.15, -0.1) is 11.8 Å². The third-order valence-electron chi connectivity index (χ3n) is 2.00. The lowest BCUT2D eigenvalue weighted by Gasteiger charge is -2.09. The highest BCUT2D eigenvalue weighted by Crippen LogP contribution is 2.23. The molecule has 0 radical (unpaired) electrons. The van der Waals surface area contributed by atoms with Crippen molar-refractivity contribution in [2.75, 3.05) is 12.4 Å². The highest BCUT2D eigenvalue weighted by Gasteiger charge is 2.09. The summed E-state index contributed by atoms with van der Waals surface area (Å²) in [6.07, 6.45) is 3.26. The minimum atomic E-state index is 0.0709. The maximum atomic E-state index is 8.92. The fourth-order valence-corrected chi connectivity index (χ4v) is 2.08. The summed E-state index contributed by atoms with van der Waals surface area (Å²) in [5.41, 5.74) is 6.20. The molecule has 1 atom stereocenters. The normalized spacial score (nSPS) is 13.8. The summed E-state index contributed by atoms with van der Waals surface area (Å²) < 4.78 is 0. The lowest BCUT2D eigenvalue weighted by molar-refractivity contribution is 0.250. The van der Waals surface area contributed by atoms with Gasteiger partial charge in [-0.05, 0) is 12.0 Å². The molecule has 4 N–H and O–H groups in total. The monoisotopic (exact) mass is 241 g/mol. The van der Waals surface area contributed by atoms with E-state index in [4.69, 9.17) is 16.0 Å². The first kappa shape index (κ1) is 12.8. The third-order valence-corrected chi connectivity index (χ3v) is 3.38. The molecule has 0 aliphatic carbocycles. The van der Waals surface area contributed by atoms with E-state index in [1.165, 1.54) is 11.8 Å². The van der Waals surface area contributed by atoms with Crippen LogP contribution in [0.15, 0.2) is 28.5 Å². The molecular weight excluding hydrogens is 226 g/mol. The number of amidine groups is 1. The van der Waals surface area contributed by atoms with Gasteiger partial charge in [-0.2, -0.15) is 0 Å². The Kier molecular flexibility index (Phi) is 5.07. The standard InChI is InChI=1S/C10H15N3O2S/c1-7(5-14)6-16-9-4-12-3-2-8(9)10(11)13-15/h2-4,7,14-15H,5-6H2,1H3,(H2,11,13). The number of thioether (sulfide) groups is 1. The summed E-state index contributed by atoms with van der Waals surface area (Å²) in [5.74, 6) is 1.03. The Morgan fingerprint density at radius 3 is 3.06 bits per heavy atom. The molecule has 88 valence electrons. The summed E-state index contributed by atoms with van der Waals surface area (Å²) in [6.45, 7) is 2.10. The Balaban J connectivity index is 2.79. The van der Waals surface area contributed by atoms with Crippen LogP contribution in [-0.4, -0.2) is 33.5 Å². The number of aliphatic hydroxyl groups excluding tert-OH is 1. The van der Waals surface area contributed by atoms with Crippen molar-refractivity contribution in [1.29, 1.82) is 0 Å². The zero-order valence-electron chi connectivity index (χ0n) is 9.00. The van der Waals surface area contributed by atoms with Gasteiger partial charge >= 0.3 is 0 Å². The molecule has 1 aromatic heterocycles. The van der Waals surface area contributed by atoms with Gasteiger partial charge in [-0.3, -0.25) is 4.98 Å². The van der Waals surface area contributed by atoms with Crippen LogP contribution in [0, 0.1) is 5.92 Å². The van der Waals surface area contributed by atoms with Crippen molar-refractivity contribution in [2.24, 2.45) is 16.8 Å². The van der Waals surface area contributed by atoms with E-state index in [0.717, 1.165) is 10.6 Å². The van der Waals surface area contributed by atoms with E-state index in [1.807, 2.05) is 6.92 Å².